The average Bonchev–Trinajstić information content (AvgIpc) is 2.89. The summed E-state index contributed by atoms with van der Waals surface area (Å²) in [7, 11) is 0. The molecule has 21 heavy (non-hydrogen) atoms. The van der Waals surface area contributed by atoms with Crippen LogP contribution in [0.3, 0.4) is 0 Å². The maximum Gasteiger partial charge on any atom is 0.0547 e. The third-order valence-electron chi connectivity index (χ3n) is 3.95. The highest BCUT2D eigenvalue weighted by molar-refractivity contribution is 6.09. The Labute approximate surface area is 123 Å². The summed E-state index contributed by atoms with van der Waals surface area (Å²) in [4.78, 5) is 0. The molecule has 1 nitrogen and oxygen atoms in total. The highest BCUT2D eigenvalue weighted by Crippen LogP contribution is 2.32. The fourth-order valence-electron chi connectivity index (χ4n) is 2.97. The van der Waals surface area contributed by atoms with Gasteiger partial charge in [0.1, 0.15) is 0 Å². The second-order valence-corrected chi connectivity index (χ2v) is 5.17. The van der Waals surface area contributed by atoms with Crippen LogP contribution in [0.1, 0.15) is 5.56 Å². The molecule has 0 fully saturated rings. The van der Waals surface area contributed by atoms with Gasteiger partial charge in [-0.3, -0.25) is 0 Å². The monoisotopic (exact) mass is 269 g/mol. The van der Waals surface area contributed by atoms with E-state index in [0.717, 1.165) is 5.56 Å². The van der Waals surface area contributed by atoms with Crippen LogP contribution in [0.5, 0.6) is 0 Å². The number of para-hydroxylation sites is 2. The van der Waals surface area contributed by atoms with E-state index in [1.807, 2.05) is 12.1 Å². The summed E-state index contributed by atoms with van der Waals surface area (Å²) in [5.41, 5.74) is 4.78. The van der Waals surface area contributed by atoms with Gasteiger partial charge in [0, 0.05) is 16.5 Å². The molecule has 0 spiro atoms. The standard InChI is InChI=1S/C20H15N/c1-2-15-12-13-18-17-10-6-7-11-19(17)21(20(18)14-15)16-8-4-3-5-9-16/h2-14H,1H2. The molecule has 0 atom stereocenters. The molecule has 4 rings (SSSR count). The number of fused-ring (bicyclic) bond motifs is 3. The first-order valence-corrected chi connectivity index (χ1v) is 7.09. The molecule has 0 aliphatic rings. The molecular formula is C20H15N. The van der Waals surface area contributed by atoms with Gasteiger partial charge in [-0.15, -0.1) is 0 Å². The number of hydrogen-bond donors (Lipinski definition) is 0. The second kappa shape index (κ2) is 4.64. The molecule has 1 heterocycles. The molecular weight excluding hydrogens is 254 g/mol. The van der Waals surface area contributed by atoms with Crippen LogP contribution in [-0.2, 0) is 0 Å². The topological polar surface area (TPSA) is 4.93 Å². The van der Waals surface area contributed by atoms with Gasteiger partial charge in [0.2, 0.25) is 0 Å². The Balaban J connectivity index is 2.21. The highest BCUT2D eigenvalue weighted by atomic mass is 15.0. The SMILES string of the molecule is C=Cc1ccc2c3ccccc3n(-c3ccccc3)c2c1. The summed E-state index contributed by atoms with van der Waals surface area (Å²) >= 11 is 0. The summed E-state index contributed by atoms with van der Waals surface area (Å²) in [6.07, 6.45) is 1.90. The van der Waals surface area contributed by atoms with Crippen LogP contribution in [0.15, 0.2) is 79.4 Å². The molecule has 1 aromatic heterocycles. The summed E-state index contributed by atoms with van der Waals surface area (Å²) < 4.78 is 2.32. The molecule has 0 aliphatic carbocycles. The molecule has 3 aromatic carbocycles. The van der Waals surface area contributed by atoms with Crippen molar-refractivity contribution in [1.82, 2.24) is 4.57 Å². The number of hydrogen-bond acceptors (Lipinski definition) is 0. The maximum atomic E-state index is 3.88. The van der Waals surface area contributed by atoms with Crippen molar-refractivity contribution in [3.05, 3.63) is 84.9 Å². The molecule has 0 saturated heterocycles. The molecule has 0 saturated carbocycles. The summed E-state index contributed by atoms with van der Waals surface area (Å²) in [5, 5.41) is 2.56. The van der Waals surface area contributed by atoms with Crippen LogP contribution in [0, 0.1) is 0 Å². The lowest BCUT2D eigenvalue weighted by atomic mass is 10.1. The maximum absolute atomic E-state index is 3.88. The normalized spacial score (nSPS) is 11.0. The largest absolute Gasteiger partial charge is 0.309 e. The fraction of sp³-hybridized carbons (Fsp3) is 0. The number of rotatable bonds is 2. The van der Waals surface area contributed by atoms with E-state index in [4.69, 9.17) is 0 Å². The van der Waals surface area contributed by atoms with Crippen molar-refractivity contribution >= 4 is 27.9 Å². The molecule has 0 amide bonds. The van der Waals surface area contributed by atoms with Crippen LogP contribution >= 0.6 is 0 Å². The zero-order valence-corrected chi connectivity index (χ0v) is 11.7. The van der Waals surface area contributed by atoms with Crippen molar-refractivity contribution in [2.45, 2.75) is 0 Å². The van der Waals surface area contributed by atoms with E-state index < -0.39 is 0 Å². The Hall–Kier alpha value is -2.80. The van der Waals surface area contributed by atoms with E-state index >= 15 is 0 Å². The first-order valence-electron chi connectivity index (χ1n) is 7.09. The fourth-order valence-corrected chi connectivity index (χ4v) is 2.97. The van der Waals surface area contributed by atoms with E-state index in [1.54, 1.807) is 0 Å². The van der Waals surface area contributed by atoms with Gasteiger partial charge >= 0.3 is 0 Å². The minimum Gasteiger partial charge on any atom is -0.309 e. The van der Waals surface area contributed by atoms with Crippen molar-refractivity contribution in [2.24, 2.45) is 0 Å². The van der Waals surface area contributed by atoms with E-state index in [1.165, 1.54) is 27.5 Å². The lowest BCUT2D eigenvalue weighted by Gasteiger charge is -2.07. The highest BCUT2D eigenvalue weighted by Gasteiger charge is 2.11. The molecule has 4 aromatic rings. The molecule has 0 N–H and O–H groups in total. The van der Waals surface area contributed by atoms with Crippen LogP contribution in [0.25, 0.3) is 33.6 Å². The molecule has 100 valence electrons. The van der Waals surface area contributed by atoms with Gasteiger partial charge in [-0.2, -0.15) is 0 Å². The van der Waals surface area contributed by atoms with E-state index in [0.29, 0.717) is 0 Å². The Kier molecular flexibility index (Phi) is 2.65. The Morgan fingerprint density at radius 1 is 0.714 bits per heavy atom. The van der Waals surface area contributed by atoms with Gasteiger partial charge in [-0.25, -0.2) is 0 Å². The van der Waals surface area contributed by atoms with Crippen molar-refractivity contribution < 1.29 is 0 Å². The first kappa shape index (κ1) is 12.0. The smallest absolute Gasteiger partial charge is 0.0547 e. The zero-order valence-electron chi connectivity index (χ0n) is 11.7. The molecule has 0 aliphatic heterocycles. The average molecular weight is 269 g/mol. The summed E-state index contributed by atoms with van der Waals surface area (Å²) in [6, 6.07) is 25.6. The lowest BCUT2D eigenvalue weighted by molar-refractivity contribution is 1.18. The van der Waals surface area contributed by atoms with Gasteiger partial charge in [0.05, 0.1) is 11.0 Å². The van der Waals surface area contributed by atoms with Crippen molar-refractivity contribution in [1.29, 1.82) is 0 Å². The predicted molar refractivity (Wildman–Crippen MR) is 90.9 cm³/mol. The van der Waals surface area contributed by atoms with Crippen molar-refractivity contribution in [2.75, 3.05) is 0 Å². The van der Waals surface area contributed by atoms with Crippen LogP contribution in [0.4, 0.5) is 0 Å². The van der Waals surface area contributed by atoms with Gasteiger partial charge in [0.25, 0.3) is 0 Å². The minimum atomic E-state index is 1.14. The molecule has 1 heteroatoms. The summed E-state index contributed by atoms with van der Waals surface area (Å²) in [5.74, 6) is 0. The first-order chi connectivity index (χ1) is 10.4. The van der Waals surface area contributed by atoms with Crippen LogP contribution in [0.2, 0.25) is 0 Å². The summed E-state index contributed by atoms with van der Waals surface area (Å²) in [6.45, 7) is 3.88. The van der Waals surface area contributed by atoms with E-state index in [2.05, 4.69) is 77.9 Å². The minimum absolute atomic E-state index is 1.14. The molecule has 0 bridgehead atoms. The van der Waals surface area contributed by atoms with Crippen LogP contribution in [-0.4, -0.2) is 4.57 Å². The predicted octanol–water partition coefficient (Wildman–Crippen LogP) is 5.43. The third kappa shape index (κ3) is 1.78. The van der Waals surface area contributed by atoms with E-state index in [-0.39, 0.29) is 0 Å². The Morgan fingerprint density at radius 3 is 2.24 bits per heavy atom. The van der Waals surface area contributed by atoms with E-state index in [9.17, 15) is 0 Å². The van der Waals surface area contributed by atoms with Gasteiger partial charge in [0.15, 0.2) is 0 Å². The Bertz CT molecular complexity index is 946. The zero-order chi connectivity index (χ0) is 14.2. The molecule has 0 radical (unpaired) electrons. The Morgan fingerprint density at radius 2 is 1.43 bits per heavy atom. The van der Waals surface area contributed by atoms with Crippen molar-refractivity contribution in [3.8, 4) is 5.69 Å². The lowest BCUT2D eigenvalue weighted by Crippen LogP contribution is -1.92. The number of benzene rings is 3. The third-order valence-corrected chi connectivity index (χ3v) is 3.95. The number of aromatic nitrogens is 1. The van der Waals surface area contributed by atoms with Gasteiger partial charge in [-0.1, -0.05) is 61.2 Å². The number of nitrogens with zero attached hydrogens (tertiary/aromatic N) is 1. The second-order valence-electron chi connectivity index (χ2n) is 5.17. The van der Waals surface area contributed by atoms with Gasteiger partial charge in [-0.05, 0) is 29.8 Å². The quantitative estimate of drug-likeness (QED) is 0.457. The molecule has 0 unspecified atom stereocenters. The van der Waals surface area contributed by atoms with Gasteiger partial charge < -0.3 is 4.57 Å². The van der Waals surface area contributed by atoms with Crippen molar-refractivity contribution in [3.63, 3.8) is 0 Å². The van der Waals surface area contributed by atoms with Crippen LogP contribution < -0.4 is 0 Å².